The van der Waals surface area contributed by atoms with Crippen molar-refractivity contribution in [1.29, 1.82) is 0 Å². The van der Waals surface area contributed by atoms with Gasteiger partial charge in [0, 0.05) is 13.0 Å². The van der Waals surface area contributed by atoms with E-state index in [1.807, 2.05) is 0 Å². The summed E-state index contributed by atoms with van der Waals surface area (Å²) in [6.45, 7) is 2.14. The van der Waals surface area contributed by atoms with Crippen molar-refractivity contribution in [3.05, 3.63) is 23.8 Å². The van der Waals surface area contributed by atoms with Crippen molar-refractivity contribution in [2.24, 2.45) is 0 Å². The van der Waals surface area contributed by atoms with Gasteiger partial charge in [-0.05, 0) is 24.6 Å². The predicted molar refractivity (Wildman–Crippen MR) is 74.4 cm³/mol. The summed E-state index contributed by atoms with van der Waals surface area (Å²) in [5, 5.41) is 9.92. The molecule has 1 N–H and O–H groups in total. The molecule has 3 rings (SSSR count). The van der Waals surface area contributed by atoms with Crippen LogP contribution >= 0.6 is 0 Å². The van der Waals surface area contributed by atoms with Crippen LogP contribution < -0.4 is 4.74 Å². The van der Waals surface area contributed by atoms with Crippen LogP contribution in [0.25, 0.3) is 0 Å². The number of ether oxygens (including phenoxy) is 3. The van der Waals surface area contributed by atoms with Gasteiger partial charge in [0.1, 0.15) is 11.5 Å². The fourth-order valence-corrected chi connectivity index (χ4v) is 2.88. The van der Waals surface area contributed by atoms with Crippen LogP contribution in [0, 0.1) is 0 Å². The zero-order chi connectivity index (χ0) is 14.9. The summed E-state index contributed by atoms with van der Waals surface area (Å²) < 4.78 is 16.4. The van der Waals surface area contributed by atoms with E-state index in [1.54, 1.807) is 17.0 Å². The first kappa shape index (κ1) is 14.2. The summed E-state index contributed by atoms with van der Waals surface area (Å²) in [7, 11) is 1.52. The van der Waals surface area contributed by atoms with Gasteiger partial charge in [-0.1, -0.05) is 0 Å². The number of carbonyl (C=O) groups excluding carboxylic acids is 1. The lowest BCUT2D eigenvalue weighted by atomic mass is 10.0. The molecule has 1 amide bonds. The minimum atomic E-state index is -0.664. The Morgan fingerprint density at radius 1 is 1.38 bits per heavy atom. The van der Waals surface area contributed by atoms with E-state index >= 15 is 0 Å². The average molecular weight is 293 g/mol. The van der Waals surface area contributed by atoms with Crippen molar-refractivity contribution in [3.63, 3.8) is 0 Å². The number of carbonyl (C=O) groups is 1. The molecule has 2 heterocycles. The van der Waals surface area contributed by atoms with E-state index in [0.29, 0.717) is 32.1 Å². The number of likely N-dealkylation sites (tertiary alicyclic amines) is 1. The smallest absolute Gasteiger partial charge is 0.257 e. The second-order valence-electron chi connectivity index (χ2n) is 5.32. The van der Waals surface area contributed by atoms with Gasteiger partial charge in [0.2, 0.25) is 0 Å². The number of piperidine rings is 1. The number of rotatable bonds is 2. The summed E-state index contributed by atoms with van der Waals surface area (Å²) in [5.74, 6) is -0.405. The Morgan fingerprint density at radius 2 is 2.14 bits per heavy atom. The second kappa shape index (κ2) is 5.54. The molecule has 0 radical (unpaired) electrons. The Labute approximate surface area is 123 Å². The number of methoxy groups -OCH3 is 1. The van der Waals surface area contributed by atoms with Crippen LogP contribution in [0.15, 0.2) is 18.2 Å². The molecule has 2 saturated heterocycles. The predicted octanol–water partition coefficient (Wildman–Crippen LogP) is 1.38. The molecule has 0 saturated carbocycles. The van der Waals surface area contributed by atoms with Crippen molar-refractivity contribution in [2.75, 3.05) is 33.4 Å². The fourth-order valence-electron chi connectivity index (χ4n) is 2.88. The highest BCUT2D eigenvalue weighted by molar-refractivity contribution is 5.97. The van der Waals surface area contributed by atoms with Gasteiger partial charge in [0.15, 0.2) is 5.79 Å². The molecule has 0 unspecified atom stereocenters. The number of amides is 1. The highest BCUT2D eigenvalue weighted by Crippen LogP contribution is 2.32. The van der Waals surface area contributed by atoms with E-state index < -0.39 is 5.79 Å². The summed E-state index contributed by atoms with van der Waals surface area (Å²) >= 11 is 0. The Bertz CT molecular complexity index is 539. The third-order valence-corrected chi connectivity index (χ3v) is 3.95. The molecule has 1 aromatic rings. The van der Waals surface area contributed by atoms with Gasteiger partial charge >= 0.3 is 0 Å². The lowest BCUT2D eigenvalue weighted by Crippen LogP contribution is -2.51. The average Bonchev–Trinajstić information content (AvgIpc) is 2.95. The fraction of sp³-hybridized carbons (Fsp3) is 0.533. The van der Waals surface area contributed by atoms with Crippen LogP contribution in [0.5, 0.6) is 11.5 Å². The number of phenols is 1. The molecule has 1 aromatic carbocycles. The normalized spacial score (nSPS) is 20.7. The van der Waals surface area contributed by atoms with E-state index in [4.69, 9.17) is 14.2 Å². The molecule has 2 fully saturated rings. The number of nitrogens with zero attached hydrogens (tertiary/aromatic N) is 1. The second-order valence-corrected chi connectivity index (χ2v) is 5.32. The lowest BCUT2D eigenvalue weighted by Gasteiger charge is -2.38. The molecular weight excluding hydrogens is 274 g/mol. The van der Waals surface area contributed by atoms with Gasteiger partial charge in [-0.2, -0.15) is 0 Å². The number of hydrogen-bond donors (Lipinski definition) is 1. The highest BCUT2D eigenvalue weighted by Gasteiger charge is 2.42. The maximum atomic E-state index is 12.6. The minimum Gasteiger partial charge on any atom is -0.507 e. The van der Waals surface area contributed by atoms with Crippen LogP contribution in [-0.2, 0) is 9.47 Å². The monoisotopic (exact) mass is 293 g/mol. The van der Waals surface area contributed by atoms with Gasteiger partial charge in [0.25, 0.3) is 5.91 Å². The summed E-state index contributed by atoms with van der Waals surface area (Å²) in [5.41, 5.74) is 0.240. The van der Waals surface area contributed by atoms with Crippen LogP contribution in [0.2, 0.25) is 0 Å². The molecule has 6 nitrogen and oxygen atoms in total. The molecule has 2 aliphatic rings. The van der Waals surface area contributed by atoms with Crippen molar-refractivity contribution in [2.45, 2.75) is 18.6 Å². The van der Waals surface area contributed by atoms with Gasteiger partial charge in [-0.3, -0.25) is 4.79 Å². The molecule has 0 bridgehead atoms. The Hall–Kier alpha value is -1.79. The maximum Gasteiger partial charge on any atom is 0.257 e. The molecule has 1 spiro atoms. The van der Waals surface area contributed by atoms with Crippen molar-refractivity contribution in [1.82, 2.24) is 4.90 Å². The Balaban J connectivity index is 1.81. The van der Waals surface area contributed by atoms with Gasteiger partial charge in [-0.25, -0.2) is 0 Å². The number of benzene rings is 1. The summed E-state index contributed by atoms with van der Waals surface area (Å²) in [6.07, 6.45) is 1.61. The largest absolute Gasteiger partial charge is 0.507 e. The molecule has 21 heavy (non-hydrogen) atoms. The molecule has 0 aromatic heterocycles. The third kappa shape index (κ3) is 2.69. The number of aromatic hydroxyl groups is 1. The van der Waals surface area contributed by atoms with Gasteiger partial charge < -0.3 is 24.2 Å². The van der Waals surface area contributed by atoms with E-state index in [1.165, 1.54) is 13.2 Å². The minimum absolute atomic E-state index is 0.0475. The zero-order valence-electron chi connectivity index (χ0n) is 12.0. The SMILES string of the molecule is COc1ccc(O)c(C(=O)N2CCCC3(C2)OCCO3)c1. The Kier molecular flexibility index (Phi) is 3.73. The molecule has 0 aliphatic carbocycles. The van der Waals surface area contributed by atoms with Gasteiger partial charge in [-0.15, -0.1) is 0 Å². The molecule has 114 valence electrons. The Morgan fingerprint density at radius 3 is 2.86 bits per heavy atom. The molecule has 0 atom stereocenters. The molecule has 6 heteroatoms. The van der Waals surface area contributed by atoms with Crippen LogP contribution in [0.3, 0.4) is 0 Å². The van der Waals surface area contributed by atoms with E-state index in [0.717, 1.165) is 12.8 Å². The van der Waals surface area contributed by atoms with Crippen molar-refractivity contribution >= 4 is 5.91 Å². The van der Waals surface area contributed by atoms with E-state index in [9.17, 15) is 9.90 Å². The topological polar surface area (TPSA) is 68.2 Å². The van der Waals surface area contributed by atoms with Gasteiger partial charge in [0.05, 0.1) is 32.4 Å². The number of hydrogen-bond acceptors (Lipinski definition) is 5. The molecule has 2 aliphatic heterocycles. The van der Waals surface area contributed by atoms with E-state index in [2.05, 4.69) is 0 Å². The first-order valence-corrected chi connectivity index (χ1v) is 7.08. The maximum absolute atomic E-state index is 12.6. The van der Waals surface area contributed by atoms with Crippen molar-refractivity contribution in [3.8, 4) is 11.5 Å². The third-order valence-electron chi connectivity index (χ3n) is 3.95. The first-order valence-electron chi connectivity index (χ1n) is 7.08. The quantitative estimate of drug-likeness (QED) is 0.892. The zero-order valence-corrected chi connectivity index (χ0v) is 12.0. The first-order chi connectivity index (χ1) is 10.1. The van der Waals surface area contributed by atoms with E-state index in [-0.39, 0.29) is 17.2 Å². The summed E-state index contributed by atoms with van der Waals surface area (Å²) in [4.78, 5) is 14.3. The lowest BCUT2D eigenvalue weighted by molar-refractivity contribution is -0.183. The van der Waals surface area contributed by atoms with Crippen LogP contribution in [0.1, 0.15) is 23.2 Å². The van der Waals surface area contributed by atoms with Crippen LogP contribution in [0.4, 0.5) is 0 Å². The van der Waals surface area contributed by atoms with Crippen molar-refractivity contribution < 1.29 is 24.1 Å². The summed E-state index contributed by atoms with van der Waals surface area (Å²) in [6, 6.07) is 4.64. The molecular formula is C15H19NO5. The highest BCUT2D eigenvalue weighted by atomic mass is 16.7. The standard InChI is InChI=1S/C15H19NO5/c1-19-11-3-4-13(17)12(9-11)14(18)16-6-2-5-15(10-16)20-7-8-21-15/h3-4,9,17H,2,5-8,10H2,1H3. The number of phenolic OH excluding ortho intramolecular Hbond substituents is 1. The van der Waals surface area contributed by atoms with Crippen LogP contribution in [-0.4, -0.2) is 55.1 Å².